The molecule has 2 aliphatic rings. The number of amides is 1. The molecule has 0 saturated carbocycles. The zero-order valence-corrected chi connectivity index (χ0v) is 28.8. The van der Waals surface area contributed by atoms with Crippen LogP contribution >= 0.6 is 23.5 Å². The third kappa shape index (κ3) is 8.74. The lowest BCUT2D eigenvalue weighted by Gasteiger charge is -2.30. The van der Waals surface area contributed by atoms with E-state index in [0.29, 0.717) is 27.9 Å². The highest BCUT2D eigenvalue weighted by Gasteiger charge is 2.43. The molecule has 2 saturated heterocycles. The van der Waals surface area contributed by atoms with Gasteiger partial charge in [0.05, 0.1) is 15.7 Å². The normalized spacial score (nSPS) is 18.9. The lowest BCUT2D eigenvalue weighted by atomic mass is 10.1. The fourth-order valence-corrected chi connectivity index (χ4v) is 10.5. The number of hydrogen-bond donors (Lipinski definition) is 3. The monoisotopic (exact) mass is 721 g/mol. The van der Waals surface area contributed by atoms with E-state index in [1.807, 2.05) is 13.8 Å². The van der Waals surface area contributed by atoms with Gasteiger partial charge in [0.1, 0.15) is 17.5 Å². The number of thioether (sulfide) groups is 2. The summed E-state index contributed by atoms with van der Waals surface area (Å²) in [6.45, 7) is 4.23. The number of carboxylic acids is 2. The smallest absolute Gasteiger partial charge is 0.328 e. The van der Waals surface area contributed by atoms with Gasteiger partial charge in [0.2, 0.25) is 10.0 Å². The van der Waals surface area contributed by atoms with Gasteiger partial charge in [-0.25, -0.2) is 25.9 Å². The lowest BCUT2D eigenvalue weighted by Crippen LogP contribution is -2.54. The zero-order chi connectivity index (χ0) is 34.4. The summed E-state index contributed by atoms with van der Waals surface area (Å²) < 4.78 is 53.0. The topological polar surface area (TPSA) is 178 Å². The number of carbonyl (C=O) groups excluding carboxylic acids is 1. The van der Waals surface area contributed by atoms with Crippen LogP contribution in [0.2, 0.25) is 0 Å². The summed E-state index contributed by atoms with van der Waals surface area (Å²) in [7, 11) is -8.09. The Kier molecular flexibility index (Phi) is 12.1. The van der Waals surface area contributed by atoms with Gasteiger partial charge in [-0.15, -0.1) is 23.5 Å². The zero-order valence-electron chi connectivity index (χ0n) is 25.6. The van der Waals surface area contributed by atoms with Crippen LogP contribution in [0.4, 0.5) is 0 Å². The van der Waals surface area contributed by atoms with Crippen LogP contribution in [0.25, 0.3) is 0 Å². The Hall–Kier alpha value is -3.41. The molecule has 0 aromatic heterocycles. The van der Waals surface area contributed by atoms with E-state index >= 15 is 0 Å². The first-order valence-corrected chi connectivity index (χ1v) is 19.5. The van der Waals surface area contributed by atoms with Gasteiger partial charge >= 0.3 is 11.9 Å². The first kappa shape index (κ1) is 36.4. The Balaban J connectivity index is 0.000000238. The predicted octanol–water partition coefficient (Wildman–Crippen LogP) is 3.01. The molecule has 0 spiro atoms. The van der Waals surface area contributed by atoms with Crippen molar-refractivity contribution in [3.63, 3.8) is 0 Å². The van der Waals surface area contributed by atoms with Gasteiger partial charge in [-0.2, -0.15) is 4.31 Å². The average Bonchev–Trinajstić information content (AvgIpc) is 3.76. The van der Waals surface area contributed by atoms with Gasteiger partial charge in [-0.3, -0.25) is 14.9 Å². The predicted molar refractivity (Wildman–Crippen MR) is 180 cm³/mol. The number of aliphatic carboxylic acids is 2. The fourth-order valence-electron chi connectivity index (χ4n) is 4.78. The van der Waals surface area contributed by atoms with Gasteiger partial charge in [0.25, 0.3) is 15.9 Å². The molecule has 0 radical (unpaired) electrons. The summed E-state index contributed by atoms with van der Waals surface area (Å²) in [5.41, 5.74) is 2.44. The van der Waals surface area contributed by atoms with Crippen LogP contribution in [0.1, 0.15) is 16.7 Å². The second-order valence-electron chi connectivity index (χ2n) is 10.8. The number of carboxylic acid groups (broad SMARTS) is 2. The number of hydrogen-bond acceptors (Lipinski definition) is 10. The van der Waals surface area contributed by atoms with Crippen molar-refractivity contribution < 1.29 is 41.4 Å². The minimum atomic E-state index is -4.37. The summed E-state index contributed by atoms with van der Waals surface area (Å²) in [5, 5.41) is 21.0. The number of nitrogens with one attached hydrogen (secondary N) is 1. The molecule has 2 fully saturated rings. The molecule has 252 valence electrons. The molecule has 3 N–H and O–H groups in total. The molecule has 12 nitrogen and oxygen atoms in total. The Labute approximate surface area is 282 Å². The number of carbonyl (C=O) groups is 3. The Bertz CT molecular complexity index is 1780. The maximum atomic E-state index is 13.4. The van der Waals surface area contributed by atoms with Crippen molar-refractivity contribution in [2.45, 2.75) is 47.5 Å². The summed E-state index contributed by atoms with van der Waals surface area (Å²) in [5.74, 6) is -2.12. The molecule has 3 aromatic rings. The molecule has 2 aliphatic heterocycles. The van der Waals surface area contributed by atoms with Crippen molar-refractivity contribution in [3.05, 3.63) is 95.6 Å². The lowest BCUT2D eigenvalue weighted by molar-refractivity contribution is -0.146. The molecule has 5 rings (SSSR count). The van der Waals surface area contributed by atoms with Gasteiger partial charge < -0.3 is 10.2 Å². The van der Waals surface area contributed by atoms with E-state index in [-0.39, 0.29) is 22.1 Å². The Morgan fingerprint density at radius 1 is 0.894 bits per heavy atom. The largest absolute Gasteiger partial charge is 0.480 e. The Morgan fingerprint density at radius 2 is 1.47 bits per heavy atom. The van der Waals surface area contributed by atoms with Crippen molar-refractivity contribution in [2.24, 2.45) is 0 Å². The Morgan fingerprint density at radius 3 is 1.98 bits per heavy atom. The average molecular weight is 722 g/mol. The molecule has 1 unspecified atom stereocenters. The van der Waals surface area contributed by atoms with Crippen molar-refractivity contribution in [1.29, 1.82) is 0 Å². The third-order valence-corrected chi connectivity index (χ3v) is 13.3. The molecular formula is C31H35N3O9S4. The van der Waals surface area contributed by atoms with E-state index in [1.54, 1.807) is 54.6 Å². The van der Waals surface area contributed by atoms with Crippen LogP contribution in [-0.4, -0.2) is 94.9 Å². The van der Waals surface area contributed by atoms with Crippen molar-refractivity contribution >= 4 is 61.4 Å². The van der Waals surface area contributed by atoms with E-state index in [0.717, 1.165) is 15.4 Å². The van der Waals surface area contributed by atoms with Crippen LogP contribution in [0, 0.1) is 13.8 Å². The van der Waals surface area contributed by atoms with E-state index in [1.165, 1.54) is 47.8 Å². The van der Waals surface area contributed by atoms with Crippen molar-refractivity contribution in [2.75, 3.05) is 23.9 Å². The van der Waals surface area contributed by atoms with Crippen LogP contribution in [0.5, 0.6) is 0 Å². The van der Waals surface area contributed by atoms with Crippen molar-refractivity contribution in [1.82, 2.24) is 13.9 Å². The second kappa shape index (κ2) is 15.7. The quantitative estimate of drug-likeness (QED) is 0.279. The van der Waals surface area contributed by atoms with Gasteiger partial charge in [-0.1, -0.05) is 65.7 Å². The van der Waals surface area contributed by atoms with Gasteiger partial charge in [-0.05, 0) is 43.7 Å². The van der Waals surface area contributed by atoms with E-state index in [9.17, 15) is 36.3 Å². The highest BCUT2D eigenvalue weighted by molar-refractivity contribution is 8.01. The van der Waals surface area contributed by atoms with Crippen LogP contribution in [0.15, 0.2) is 88.7 Å². The fraction of sp³-hybridized carbons (Fsp3) is 0.323. The number of nitrogens with zero attached hydrogens (tertiary/aromatic N) is 2. The van der Waals surface area contributed by atoms with Crippen LogP contribution in [-0.2, 0) is 40.9 Å². The number of sulfonamides is 2. The molecule has 2 heterocycles. The number of benzene rings is 3. The molecule has 1 amide bonds. The highest BCUT2D eigenvalue weighted by Crippen LogP contribution is 2.29. The first-order chi connectivity index (χ1) is 22.2. The van der Waals surface area contributed by atoms with Crippen LogP contribution in [0.3, 0.4) is 0 Å². The molecule has 3 atom stereocenters. The molecule has 47 heavy (non-hydrogen) atoms. The third-order valence-electron chi connectivity index (χ3n) is 7.33. The molecular weight excluding hydrogens is 687 g/mol. The minimum absolute atomic E-state index is 0.112. The number of aryl methyl sites for hydroxylation is 2. The van der Waals surface area contributed by atoms with Crippen molar-refractivity contribution in [3.8, 4) is 0 Å². The summed E-state index contributed by atoms with van der Waals surface area (Å²) in [6, 6.07) is 18.6. The van der Waals surface area contributed by atoms with Gasteiger partial charge in [0, 0.05) is 24.5 Å². The highest BCUT2D eigenvalue weighted by atomic mass is 32.2. The maximum absolute atomic E-state index is 13.4. The summed E-state index contributed by atoms with van der Waals surface area (Å²) in [6.07, 6.45) is -0.121. The standard InChI is InChI=1S/C20H22N2O5S2.C11H13NO4S2/c1-14-7-9-16(10-8-14)29(26,27)22(19(23)18-21-11-12-28-18)17(20(24)25)13-15-5-3-2-4-6-15;1-8-2-4-9(5-3-8)18(15,16)12-7-17-6-10(12)11(13)14/h2-10,17-18,21H,11-13H2,1H3,(H,24,25);2-5,10H,6-7H2,1H3,(H,13,14)/t17-,18-;/m0./s1. The SMILES string of the molecule is Cc1ccc(S(=O)(=O)N(C(=O)[C@H]2NCCS2)[C@@H](Cc2ccccc2)C(=O)O)cc1.Cc1ccc(S(=O)(=O)N2CSCC2C(=O)O)cc1. The van der Waals surface area contributed by atoms with E-state index < -0.39 is 55.3 Å². The molecule has 0 aliphatic carbocycles. The second-order valence-corrected chi connectivity index (χ2v) is 16.7. The first-order valence-electron chi connectivity index (χ1n) is 14.4. The molecule has 0 bridgehead atoms. The van der Waals surface area contributed by atoms with E-state index in [4.69, 9.17) is 5.11 Å². The maximum Gasteiger partial charge on any atom is 0.328 e. The van der Waals surface area contributed by atoms with Gasteiger partial charge in [0.15, 0.2) is 0 Å². The molecule has 3 aromatic carbocycles. The van der Waals surface area contributed by atoms with Crippen LogP contribution < -0.4 is 5.32 Å². The summed E-state index contributed by atoms with van der Waals surface area (Å²) >= 11 is 2.58. The number of rotatable bonds is 10. The minimum Gasteiger partial charge on any atom is -0.480 e. The molecule has 16 heteroatoms. The summed E-state index contributed by atoms with van der Waals surface area (Å²) in [4.78, 5) is 36.3. The van der Waals surface area contributed by atoms with E-state index in [2.05, 4.69) is 5.32 Å².